The van der Waals surface area contributed by atoms with Crippen LogP contribution in [0.5, 0.6) is 5.75 Å². The van der Waals surface area contributed by atoms with Crippen LogP contribution in [0.25, 0.3) is 10.9 Å². The SMILES string of the molecule is O=C(CC1CCCC1)Oc1cccc(N2CCN(Cc3nc4ccccc4c(=O)[nH]3)CC2)c1. The molecule has 7 heteroatoms. The first-order valence-electron chi connectivity index (χ1n) is 11.9. The third-order valence-electron chi connectivity index (χ3n) is 6.75. The summed E-state index contributed by atoms with van der Waals surface area (Å²) >= 11 is 0. The van der Waals surface area contributed by atoms with Crippen LogP contribution in [0, 0.1) is 5.92 Å². The van der Waals surface area contributed by atoms with Gasteiger partial charge < -0.3 is 14.6 Å². The number of nitrogens with zero attached hydrogens (tertiary/aromatic N) is 3. The lowest BCUT2D eigenvalue weighted by Gasteiger charge is -2.35. The summed E-state index contributed by atoms with van der Waals surface area (Å²) < 4.78 is 5.64. The number of piperazine rings is 1. The number of carbonyl (C=O) groups excluding carboxylic acids is 1. The van der Waals surface area contributed by atoms with E-state index in [0.29, 0.717) is 35.8 Å². The van der Waals surface area contributed by atoms with E-state index < -0.39 is 0 Å². The third kappa shape index (κ3) is 5.25. The molecule has 0 spiro atoms. The lowest BCUT2D eigenvalue weighted by Crippen LogP contribution is -2.46. The fourth-order valence-electron chi connectivity index (χ4n) is 4.95. The Morgan fingerprint density at radius 3 is 2.64 bits per heavy atom. The van der Waals surface area contributed by atoms with Crippen molar-refractivity contribution >= 4 is 22.6 Å². The van der Waals surface area contributed by atoms with Crippen molar-refractivity contribution in [2.75, 3.05) is 31.1 Å². The predicted molar refractivity (Wildman–Crippen MR) is 129 cm³/mol. The van der Waals surface area contributed by atoms with Crippen LogP contribution < -0.4 is 15.2 Å². The van der Waals surface area contributed by atoms with Crippen molar-refractivity contribution in [1.82, 2.24) is 14.9 Å². The number of rotatable bonds is 6. The fraction of sp³-hybridized carbons (Fsp3) is 0.423. The number of hydrogen-bond donors (Lipinski definition) is 1. The Labute approximate surface area is 193 Å². The van der Waals surface area contributed by atoms with E-state index in [1.807, 2.05) is 36.4 Å². The van der Waals surface area contributed by atoms with Crippen LogP contribution in [0.4, 0.5) is 5.69 Å². The van der Waals surface area contributed by atoms with Crippen molar-refractivity contribution in [3.63, 3.8) is 0 Å². The average molecular weight is 447 g/mol. The molecule has 1 N–H and O–H groups in total. The van der Waals surface area contributed by atoms with E-state index >= 15 is 0 Å². The first kappa shape index (κ1) is 21.6. The summed E-state index contributed by atoms with van der Waals surface area (Å²) in [7, 11) is 0. The number of fused-ring (bicyclic) bond motifs is 1. The van der Waals surface area contributed by atoms with Crippen molar-refractivity contribution in [3.05, 3.63) is 64.7 Å². The highest BCUT2D eigenvalue weighted by Gasteiger charge is 2.21. The van der Waals surface area contributed by atoms with Gasteiger partial charge in [-0.2, -0.15) is 0 Å². The van der Waals surface area contributed by atoms with Crippen LogP contribution in [-0.4, -0.2) is 47.0 Å². The van der Waals surface area contributed by atoms with Gasteiger partial charge in [-0.15, -0.1) is 0 Å². The lowest BCUT2D eigenvalue weighted by molar-refractivity contribution is -0.135. The Kier molecular flexibility index (Phi) is 6.39. The van der Waals surface area contributed by atoms with Crippen molar-refractivity contribution in [3.8, 4) is 5.75 Å². The van der Waals surface area contributed by atoms with E-state index in [4.69, 9.17) is 4.74 Å². The molecule has 1 saturated carbocycles. The second kappa shape index (κ2) is 9.75. The van der Waals surface area contributed by atoms with Crippen molar-refractivity contribution < 1.29 is 9.53 Å². The largest absolute Gasteiger partial charge is 0.426 e. The summed E-state index contributed by atoms with van der Waals surface area (Å²) in [6, 6.07) is 15.2. The summed E-state index contributed by atoms with van der Waals surface area (Å²) in [5.74, 6) is 1.68. The molecule has 1 aliphatic heterocycles. The van der Waals surface area contributed by atoms with E-state index in [-0.39, 0.29) is 11.5 Å². The average Bonchev–Trinajstić information content (AvgIpc) is 3.33. The molecule has 33 heavy (non-hydrogen) atoms. The third-order valence-corrected chi connectivity index (χ3v) is 6.75. The summed E-state index contributed by atoms with van der Waals surface area (Å²) in [6.45, 7) is 4.06. The minimum atomic E-state index is -0.124. The van der Waals surface area contributed by atoms with E-state index in [0.717, 1.165) is 50.2 Å². The molecule has 2 heterocycles. The quantitative estimate of drug-likeness (QED) is 0.459. The van der Waals surface area contributed by atoms with Crippen LogP contribution in [0.2, 0.25) is 0 Å². The van der Waals surface area contributed by atoms with Gasteiger partial charge in [-0.05, 0) is 43.0 Å². The summed E-state index contributed by atoms with van der Waals surface area (Å²) in [5, 5.41) is 0.620. The Bertz CT molecular complexity index is 1180. The molecule has 0 unspecified atom stereocenters. The number of aromatic nitrogens is 2. The molecule has 7 nitrogen and oxygen atoms in total. The zero-order chi connectivity index (χ0) is 22.6. The first-order chi connectivity index (χ1) is 16.1. The first-order valence-corrected chi connectivity index (χ1v) is 11.9. The van der Waals surface area contributed by atoms with E-state index in [1.54, 1.807) is 6.07 Å². The highest BCUT2D eigenvalue weighted by Crippen LogP contribution is 2.29. The molecule has 172 valence electrons. The molecule has 0 atom stereocenters. The van der Waals surface area contributed by atoms with Gasteiger partial charge in [0.25, 0.3) is 5.56 Å². The van der Waals surface area contributed by atoms with Crippen molar-refractivity contribution in [2.24, 2.45) is 5.92 Å². The maximum atomic E-state index is 12.3. The van der Waals surface area contributed by atoms with Crippen LogP contribution in [-0.2, 0) is 11.3 Å². The second-order valence-electron chi connectivity index (χ2n) is 9.12. The van der Waals surface area contributed by atoms with Gasteiger partial charge in [0.15, 0.2) is 0 Å². The minimum Gasteiger partial charge on any atom is -0.426 e. The monoisotopic (exact) mass is 446 g/mol. The number of carbonyl (C=O) groups is 1. The summed E-state index contributed by atoms with van der Waals surface area (Å²) in [6.07, 6.45) is 5.26. The molecule has 5 rings (SSSR count). The molecule has 1 aromatic heterocycles. The molecule has 2 aliphatic rings. The van der Waals surface area contributed by atoms with Gasteiger partial charge in [-0.25, -0.2) is 4.98 Å². The number of anilines is 1. The standard InChI is InChI=1S/C26H30N4O3/c31-25(16-19-6-1-2-7-19)33-21-9-5-8-20(17-21)30-14-12-29(13-15-30)18-24-27-23-11-4-3-10-22(23)26(32)28-24/h3-5,8-11,17,19H,1-2,6-7,12-16,18H2,(H,27,28,32). The molecule has 2 aromatic carbocycles. The highest BCUT2D eigenvalue weighted by molar-refractivity contribution is 5.77. The van der Waals surface area contributed by atoms with Crippen LogP contribution in [0.3, 0.4) is 0 Å². The number of aromatic amines is 1. The molecular formula is C26H30N4O3. The van der Waals surface area contributed by atoms with E-state index in [1.165, 1.54) is 12.8 Å². The fourth-order valence-corrected chi connectivity index (χ4v) is 4.95. The molecule has 1 aliphatic carbocycles. The number of para-hydroxylation sites is 1. The summed E-state index contributed by atoms with van der Waals surface area (Å²) in [5.41, 5.74) is 1.71. The molecule has 2 fully saturated rings. The van der Waals surface area contributed by atoms with Crippen molar-refractivity contribution in [1.29, 1.82) is 0 Å². The minimum absolute atomic E-state index is 0.0893. The lowest BCUT2D eigenvalue weighted by atomic mass is 10.0. The molecule has 1 saturated heterocycles. The predicted octanol–water partition coefficient (Wildman–Crippen LogP) is 3.73. The number of benzene rings is 2. The topological polar surface area (TPSA) is 78.5 Å². The number of esters is 1. The van der Waals surface area contributed by atoms with Gasteiger partial charge in [0.2, 0.25) is 0 Å². The normalized spacial score (nSPS) is 17.5. The Morgan fingerprint density at radius 2 is 1.82 bits per heavy atom. The Balaban J connectivity index is 1.17. The molecule has 0 amide bonds. The summed E-state index contributed by atoms with van der Waals surface area (Å²) in [4.78, 5) is 36.8. The van der Waals surface area contributed by atoms with Gasteiger partial charge in [0.05, 0.1) is 17.4 Å². The highest BCUT2D eigenvalue weighted by atomic mass is 16.5. The van der Waals surface area contributed by atoms with Crippen molar-refractivity contribution in [2.45, 2.75) is 38.6 Å². The number of nitrogens with one attached hydrogen (secondary N) is 1. The number of hydrogen-bond acceptors (Lipinski definition) is 6. The van der Waals surface area contributed by atoms with E-state index in [9.17, 15) is 9.59 Å². The molecule has 0 bridgehead atoms. The van der Waals surface area contributed by atoms with Gasteiger partial charge >= 0.3 is 5.97 Å². The van der Waals surface area contributed by atoms with Gasteiger partial charge in [-0.1, -0.05) is 31.0 Å². The molecular weight excluding hydrogens is 416 g/mol. The smallest absolute Gasteiger partial charge is 0.311 e. The number of H-pyrrole nitrogens is 1. The second-order valence-corrected chi connectivity index (χ2v) is 9.12. The van der Waals surface area contributed by atoms with Crippen LogP contribution in [0.15, 0.2) is 53.3 Å². The molecule has 0 radical (unpaired) electrons. The number of ether oxygens (including phenoxy) is 1. The van der Waals surface area contributed by atoms with Crippen LogP contribution >= 0.6 is 0 Å². The van der Waals surface area contributed by atoms with Gasteiger partial charge in [0.1, 0.15) is 11.6 Å². The zero-order valence-corrected chi connectivity index (χ0v) is 18.8. The Hall–Kier alpha value is -3.19. The Morgan fingerprint density at radius 1 is 1.03 bits per heavy atom. The molecule has 3 aromatic rings. The zero-order valence-electron chi connectivity index (χ0n) is 18.8. The van der Waals surface area contributed by atoms with Crippen LogP contribution in [0.1, 0.15) is 37.9 Å². The maximum Gasteiger partial charge on any atom is 0.311 e. The van der Waals surface area contributed by atoms with Gasteiger partial charge in [-0.3, -0.25) is 14.5 Å². The van der Waals surface area contributed by atoms with Gasteiger partial charge in [0, 0.05) is 44.4 Å². The maximum absolute atomic E-state index is 12.3. The van der Waals surface area contributed by atoms with E-state index in [2.05, 4.69) is 25.8 Å².